The van der Waals surface area contributed by atoms with Gasteiger partial charge < -0.3 is 19.9 Å². The zero-order valence-electron chi connectivity index (χ0n) is 13.8. The number of hydrogen-bond acceptors (Lipinski definition) is 4. The largest absolute Gasteiger partial charge is 0.497 e. The van der Waals surface area contributed by atoms with Gasteiger partial charge in [-0.2, -0.15) is 0 Å². The molecule has 0 saturated heterocycles. The highest BCUT2D eigenvalue weighted by molar-refractivity contribution is 5.39. The third-order valence-corrected chi connectivity index (χ3v) is 3.90. The van der Waals surface area contributed by atoms with E-state index >= 15 is 0 Å². The summed E-state index contributed by atoms with van der Waals surface area (Å²) in [5, 5.41) is 0. The minimum Gasteiger partial charge on any atom is -0.497 e. The summed E-state index contributed by atoms with van der Waals surface area (Å²) in [7, 11) is 3.32. The van der Waals surface area contributed by atoms with Gasteiger partial charge in [0.2, 0.25) is 0 Å². The Morgan fingerprint density at radius 2 is 1.61 bits per heavy atom. The van der Waals surface area contributed by atoms with Crippen molar-refractivity contribution in [3.63, 3.8) is 0 Å². The Hall–Kier alpha value is -2.20. The Balaban J connectivity index is 1.83. The molecular formula is C19H25NO3. The molecule has 0 saturated carbocycles. The van der Waals surface area contributed by atoms with Crippen molar-refractivity contribution >= 4 is 0 Å². The van der Waals surface area contributed by atoms with E-state index in [1.807, 2.05) is 36.4 Å². The maximum atomic E-state index is 5.92. The first-order valence-electron chi connectivity index (χ1n) is 7.88. The second kappa shape index (κ2) is 9.06. The summed E-state index contributed by atoms with van der Waals surface area (Å²) >= 11 is 0. The molecule has 0 aliphatic carbocycles. The number of para-hydroxylation sites is 2. The highest BCUT2D eigenvalue weighted by Gasteiger charge is 2.10. The van der Waals surface area contributed by atoms with Crippen molar-refractivity contribution in [2.45, 2.75) is 18.8 Å². The van der Waals surface area contributed by atoms with Gasteiger partial charge in [0.1, 0.15) is 5.75 Å². The Kier molecular flexibility index (Phi) is 6.76. The molecule has 1 atom stereocenters. The van der Waals surface area contributed by atoms with Gasteiger partial charge in [-0.05, 0) is 55.1 Å². The molecule has 2 N–H and O–H groups in total. The van der Waals surface area contributed by atoms with E-state index in [1.54, 1.807) is 14.2 Å². The minimum atomic E-state index is 0.335. The molecule has 0 fully saturated rings. The second-order valence-electron chi connectivity index (χ2n) is 5.35. The lowest BCUT2D eigenvalue weighted by atomic mass is 9.94. The molecule has 0 aliphatic rings. The van der Waals surface area contributed by atoms with Crippen molar-refractivity contribution in [2.24, 2.45) is 5.73 Å². The predicted octanol–water partition coefficient (Wildman–Crippen LogP) is 3.61. The van der Waals surface area contributed by atoms with Gasteiger partial charge in [0.15, 0.2) is 11.5 Å². The molecule has 0 aromatic heterocycles. The Bertz CT molecular complexity index is 583. The van der Waals surface area contributed by atoms with E-state index in [9.17, 15) is 0 Å². The van der Waals surface area contributed by atoms with Crippen LogP contribution in [0.5, 0.6) is 17.2 Å². The fourth-order valence-electron chi connectivity index (χ4n) is 2.55. The fraction of sp³-hybridized carbons (Fsp3) is 0.368. The topological polar surface area (TPSA) is 53.7 Å². The summed E-state index contributed by atoms with van der Waals surface area (Å²) in [5.74, 6) is 2.74. The van der Waals surface area contributed by atoms with Crippen LogP contribution in [0.4, 0.5) is 0 Å². The van der Waals surface area contributed by atoms with Crippen LogP contribution in [0.3, 0.4) is 0 Å². The van der Waals surface area contributed by atoms with Crippen molar-refractivity contribution in [3.05, 3.63) is 54.1 Å². The number of methoxy groups -OCH3 is 2. The van der Waals surface area contributed by atoms with Gasteiger partial charge in [-0.3, -0.25) is 0 Å². The van der Waals surface area contributed by atoms with E-state index in [0.717, 1.165) is 30.1 Å². The molecule has 2 aromatic rings. The van der Waals surface area contributed by atoms with Gasteiger partial charge >= 0.3 is 0 Å². The van der Waals surface area contributed by atoms with Crippen LogP contribution in [0.1, 0.15) is 24.3 Å². The Labute approximate surface area is 138 Å². The van der Waals surface area contributed by atoms with Gasteiger partial charge in [-0.25, -0.2) is 0 Å². The molecule has 4 heteroatoms. The molecule has 2 aromatic carbocycles. The van der Waals surface area contributed by atoms with E-state index in [1.165, 1.54) is 5.56 Å². The first-order valence-corrected chi connectivity index (χ1v) is 7.88. The Morgan fingerprint density at radius 1 is 0.913 bits per heavy atom. The second-order valence-corrected chi connectivity index (χ2v) is 5.35. The summed E-state index contributed by atoms with van der Waals surface area (Å²) in [5.41, 5.74) is 7.16. The lowest BCUT2D eigenvalue weighted by Gasteiger charge is -2.16. The van der Waals surface area contributed by atoms with E-state index < -0.39 is 0 Å². The summed E-state index contributed by atoms with van der Waals surface area (Å²) < 4.78 is 16.3. The molecule has 4 nitrogen and oxygen atoms in total. The number of benzene rings is 2. The molecule has 0 radical (unpaired) electrons. The molecule has 2 rings (SSSR count). The molecule has 0 aliphatic heterocycles. The van der Waals surface area contributed by atoms with Gasteiger partial charge in [0.05, 0.1) is 20.8 Å². The number of ether oxygens (including phenoxy) is 3. The quantitative estimate of drug-likeness (QED) is 0.718. The van der Waals surface area contributed by atoms with Crippen LogP contribution < -0.4 is 19.9 Å². The van der Waals surface area contributed by atoms with Crippen LogP contribution in [-0.2, 0) is 0 Å². The van der Waals surface area contributed by atoms with E-state index in [2.05, 4.69) is 12.1 Å². The first-order chi connectivity index (χ1) is 11.3. The van der Waals surface area contributed by atoms with Crippen LogP contribution in [0, 0.1) is 0 Å². The van der Waals surface area contributed by atoms with Crippen LogP contribution in [0.2, 0.25) is 0 Å². The molecule has 0 spiro atoms. The van der Waals surface area contributed by atoms with E-state index in [4.69, 9.17) is 19.9 Å². The van der Waals surface area contributed by atoms with Crippen molar-refractivity contribution in [1.29, 1.82) is 0 Å². The van der Waals surface area contributed by atoms with Crippen molar-refractivity contribution in [2.75, 3.05) is 27.4 Å². The van der Waals surface area contributed by atoms with Crippen LogP contribution in [0.25, 0.3) is 0 Å². The van der Waals surface area contributed by atoms with Gasteiger partial charge in [0.25, 0.3) is 0 Å². The standard InChI is InChI=1S/C19H25NO3/c1-21-17-11-9-15(10-12-17)16(14-20)6-5-13-23-19-8-4-3-7-18(19)22-2/h3-4,7-12,16H,5-6,13-14,20H2,1-2H3. The summed E-state index contributed by atoms with van der Waals surface area (Å²) in [4.78, 5) is 0. The lowest BCUT2D eigenvalue weighted by Crippen LogP contribution is -2.13. The average molecular weight is 315 g/mol. The first kappa shape index (κ1) is 17.2. The van der Waals surface area contributed by atoms with Gasteiger partial charge in [-0.15, -0.1) is 0 Å². The number of hydrogen-bond donors (Lipinski definition) is 1. The third-order valence-electron chi connectivity index (χ3n) is 3.90. The molecule has 0 bridgehead atoms. The highest BCUT2D eigenvalue weighted by Crippen LogP contribution is 2.27. The molecule has 23 heavy (non-hydrogen) atoms. The molecule has 0 heterocycles. The smallest absolute Gasteiger partial charge is 0.161 e. The van der Waals surface area contributed by atoms with E-state index in [-0.39, 0.29) is 0 Å². The van der Waals surface area contributed by atoms with Crippen LogP contribution >= 0.6 is 0 Å². The minimum absolute atomic E-state index is 0.335. The lowest BCUT2D eigenvalue weighted by molar-refractivity contribution is 0.282. The summed E-state index contributed by atoms with van der Waals surface area (Å²) in [6.07, 6.45) is 1.92. The maximum Gasteiger partial charge on any atom is 0.161 e. The molecule has 0 amide bonds. The van der Waals surface area contributed by atoms with Gasteiger partial charge in [-0.1, -0.05) is 24.3 Å². The SMILES string of the molecule is COc1ccc(C(CN)CCCOc2ccccc2OC)cc1. The van der Waals surface area contributed by atoms with Crippen LogP contribution in [0.15, 0.2) is 48.5 Å². The average Bonchev–Trinajstić information content (AvgIpc) is 2.62. The predicted molar refractivity (Wildman–Crippen MR) is 92.5 cm³/mol. The molecular weight excluding hydrogens is 290 g/mol. The number of nitrogens with two attached hydrogens (primary N) is 1. The highest BCUT2D eigenvalue weighted by atomic mass is 16.5. The summed E-state index contributed by atoms with van der Waals surface area (Å²) in [6.45, 7) is 1.27. The number of rotatable bonds is 9. The molecule has 1 unspecified atom stereocenters. The van der Waals surface area contributed by atoms with Crippen molar-refractivity contribution < 1.29 is 14.2 Å². The zero-order valence-corrected chi connectivity index (χ0v) is 13.8. The summed E-state index contributed by atoms with van der Waals surface area (Å²) in [6, 6.07) is 15.8. The normalized spacial score (nSPS) is 11.8. The van der Waals surface area contributed by atoms with E-state index in [0.29, 0.717) is 19.1 Å². The molecule has 124 valence electrons. The zero-order chi connectivity index (χ0) is 16.5. The van der Waals surface area contributed by atoms with Crippen molar-refractivity contribution in [1.82, 2.24) is 0 Å². The maximum absolute atomic E-state index is 5.92. The van der Waals surface area contributed by atoms with Gasteiger partial charge in [0, 0.05) is 0 Å². The third kappa shape index (κ3) is 4.89. The van der Waals surface area contributed by atoms with Crippen molar-refractivity contribution in [3.8, 4) is 17.2 Å². The Morgan fingerprint density at radius 3 is 2.22 bits per heavy atom. The fourth-order valence-corrected chi connectivity index (χ4v) is 2.55. The monoisotopic (exact) mass is 315 g/mol. The van der Waals surface area contributed by atoms with Crippen LogP contribution in [-0.4, -0.2) is 27.4 Å².